The van der Waals surface area contributed by atoms with Crippen LogP contribution in [0.5, 0.6) is 5.75 Å². The van der Waals surface area contributed by atoms with Crippen molar-refractivity contribution in [3.05, 3.63) is 40.2 Å². The van der Waals surface area contributed by atoms with Crippen LogP contribution >= 0.6 is 0 Å². The van der Waals surface area contributed by atoms with E-state index in [4.69, 9.17) is 9.73 Å². The van der Waals surface area contributed by atoms with E-state index in [1.54, 1.807) is 7.11 Å². The molecule has 2 aliphatic heterocycles. The minimum absolute atomic E-state index is 0.873. The van der Waals surface area contributed by atoms with Gasteiger partial charge in [-0.3, -0.25) is 0 Å². The number of hydrogen-bond donors (Lipinski definition) is 0. The number of rotatable bonds is 1. The Hall–Kier alpha value is -1.77. The molecule has 0 saturated heterocycles. The van der Waals surface area contributed by atoms with E-state index in [1.807, 2.05) is 12.1 Å². The maximum Gasteiger partial charge on any atom is 0.121 e. The summed E-state index contributed by atoms with van der Waals surface area (Å²) in [6.07, 6.45) is 1.08. The van der Waals surface area contributed by atoms with Crippen molar-refractivity contribution in [2.45, 2.75) is 13.3 Å². The molecule has 1 aromatic rings. The summed E-state index contributed by atoms with van der Waals surface area (Å²) in [5, 5.41) is 2.32. The van der Waals surface area contributed by atoms with Gasteiger partial charge < -0.3 is 9.64 Å². The molecule has 0 saturated carbocycles. The summed E-state index contributed by atoms with van der Waals surface area (Å²) < 4.78 is 5.25. The summed E-state index contributed by atoms with van der Waals surface area (Å²) in [7, 11) is 3.81. The molecule has 17 heavy (non-hydrogen) atoms. The second kappa shape index (κ2) is 3.62. The summed E-state index contributed by atoms with van der Waals surface area (Å²) in [6.45, 7) is 3.22. The fourth-order valence-electron chi connectivity index (χ4n) is 2.48. The molecule has 2 aliphatic rings. The Bertz CT molecular complexity index is 628. The van der Waals surface area contributed by atoms with Crippen LogP contribution in [0.4, 0.5) is 0 Å². The summed E-state index contributed by atoms with van der Waals surface area (Å²) >= 11 is 0. The topological polar surface area (TPSA) is 24.8 Å². The third-order valence-corrected chi connectivity index (χ3v) is 3.66. The molecule has 0 atom stereocenters. The molecular formula is C14H16N2O. The lowest BCUT2D eigenvalue weighted by atomic mass is 10.0. The molecule has 0 N–H and O–H groups in total. The van der Waals surface area contributed by atoms with Crippen molar-refractivity contribution >= 4 is 5.57 Å². The van der Waals surface area contributed by atoms with Crippen LogP contribution < -0.4 is 15.3 Å². The van der Waals surface area contributed by atoms with E-state index < -0.39 is 0 Å². The number of benzene rings is 1. The highest BCUT2D eigenvalue weighted by Gasteiger charge is 2.22. The number of allylic oxidation sites excluding steroid dienone is 2. The van der Waals surface area contributed by atoms with Crippen molar-refractivity contribution in [3.8, 4) is 5.75 Å². The molecule has 3 nitrogen and oxygen atoms in total. The molecule has 0 bridgehead atoms. The van der Waals surface area contributed by atoms with Gasteiger partial charge >= 0.3 is 0 Å². The van der Waals surface area contributed by atoms with Crippen molar-refractivity contribution in [3.63, 3.8) is 0 Å². The lowest BCUT2D eigenvalue weighted by Crippen LogP contribution is -2.27. The molecule has 0 fully saturated rings. The van der Waals surface area contributed by atoms with Gasteiger partial charge in [-0.1, -0.05) is 0 Å². The average Bonchev–Trinajstić information content (AvgIpc) is 2.72. The normalized spacial score (nSPS) is 17.8. The number of nitrogens with zero attached hydrogens (tertiary/aromatic N) is 2. The molecule has 3 heteroatoms. The Labute approximate surface area is 101 Å². The van der Waals surface area contributed by atoms with Crippen LogP contribution in [0.15, 0.2) is 34.6 Å². The third-order valence-electron chi connectivity index (χ3n) is 3.66. The van der Waals surface area contributed by atoms with Crippen molar-refractivity contribution in [1.82, 2.24) is 4.90 Å². The predicted octanol–water partition coefficient (Wildman–Crippen LogP) is 1.05. The minimum Gasteiger partial charge on any atom is -0.497 e. The van der Waals surface area contributed by atoms with E-state index >= 15 is 0 Å². The molecule has 0 spiro atoms. The second-order valence-corrected chi connectivity index (χ2v) is 4.58. The lowest BCUT2D eigenvalue weighted by molar-refractivity contribution is 0.413. The highest BCUT2D eigenvalue weighted by molar-refractivity contribution is 5.68. The molecular weight excluding hydrogens is 212 g/mol. The van der Waals surface area contributed by atoms with Gasteiger partial charge in [0.25, 0.3) is 0 Å². The summed E-state index contributed by atoms with van der Waals surface area (Å²) in [5.41, 5.74) is 3.81. The molecule has 0 unspecified atom stereocenters. The maximum atomic E-state index is 5.25. The van der Waals surface area contributed by atoms with Crippen LogP contribution in [-0.2, 0) is 0 Å². The van der Waals surface area contributed by atoms with E-state index in [9.17, 15) is 0 Å². The molecule has 1 aromatic carbocycles. The Morgan fingerprint density at radius 2 is 2.18 bits per heavy atom. The third kappa shape index (κ3) is 1.46. The largest absolute Gasteiger partial charge is 0.497 e. The van der Waals surface area contributed by atoms with Crippen LogP contribution in [0.1, 0.15) is 13.3 Å². The van der Waals surface area contributed by atoms with Gasteiger partial charge in [0.1, 0.15) is 5.75 Å². The summed E-state index contributed by atoms with van der Waals surface area (Å²) in [5.74, 6) is 0.873. The molecule has 3 rings (SSSR count). The number of hydrogen-bond acceptors (Lipinski definition) is 3. The standard InChI is InChI=1S/C14H16N2O/c1-9-14-12(6-7-16(9)2)11-5-4-10(17-3)8-13(11)15-14/h4-5,8H,6-7H2,1-3H3. The van der Waals surface area contributed by atoms with E-state index in [2.05, 4.69) is 24.9 Å². The molecule has 88 valence electrons. The van der Waals surface area contributed by atoms with Gasteiger partial charge in [-0.05, 0) is 31.1 Å². The molecule has 0 aliphatic carbocycles. The number of ether oxygens (including phenoxy) is 1. The highest BCUT2D eigenvalue weighted by Crippen LogP contribution is 2.28. The Kier molecular flexibility index (Phi) is 2.21. The van der Waals surface area contributed by atoms with E-state index in [1.165, 1.54) is 16.5 Å². The van der Waals surface area contributed by atoms with E-state index in [-0.39, 0.29) is 0 Å². The van der Waals surface area contributed by atoms with Crippen molar-refractivity contribution in [2.24, 2.45) is 4.99 Å². The first-order valence-electron chi connectivity index (χ1n) is 5.89. The smallest absolute Gasteiger partial charge is 0.121 e. The first kappa shape index (κ1) is 10.4. The predicted molar refractivity (Wildman–Crippen MR) is 67.1 cm³/mol. The zero-order valence-electron chi connectivity index (χ0n) is 10.4. The summed E-state index contributed by atoms with van der Waals surface area (Å²) in [6, 6.07) is 6.15. The maximum absolute atomic E-state index is 5.25. The molecule has 2 heterocycles. The molecule has 0 radical (unpaired) electrons. The van der Waals surface area contributed by atoms with Crippen molar-refractivity contribution < 1.29 is 4.74 Å². The SMILES string of the molecule is COc1ccc2c(c1)=NC1=C(C)N(C)CCC=21. The van der Waals surface area contributed by atoms with Crippen molar-refractivity contribution in [1.29, 1.82) is 0 Å². The Morgan fingerprint density at radius 3 is 2.94 bits per heavy atom. The monoisotopic (exact) mass is 228 g/mol. The highest BCUT2D eigenvalue weighted by atomic mass is 16.5. The zero-order chi connectivity index (χ0) is 12.0. The van der Waals surface area contributed by atoms with Gasteiger partial charge in [-0.2, -0.15) is 0 Å². The van der Waals surface area contributed by atoms with Crippen LogP contribution in [0, 0.1) is 0 Å². The van der Waals surface area contributed by atoms with Gasteiger partial charge in [0.05, 0.1) is 18.2 Å². The van der Waals surface area contributed by atoms with E-state index in [0.29, 0.717) is 0 Å². The first-order chi connectivity index (χ1) is 8.20. The number of fused-ring (bicyclic) bond motifs is 2. The number of methoxy groups -OCH3 is 1. The fourth-order valence-corrected chi connectivity index (χ4v) is 2.48. The van der Waals surface area contributed by atoms with Crippen LogP contribution in [0.3, 0.4) is 0 Å². The Morgan fingerprint density at radius 1 is 1.35 bits per heavy atom. The quantitative estimate of drug-likeness (QED) is 0.717. The molecule has 0 amide bonds. The van der Waals surface area contributed by atoms with E-state index in [0.717, 1.165) is 29.8 Å². The van der Waals surface area contributed by atoms with Crippen LogP contribution in [-0.4, -0.2) is 25.6 Å². The Balaban J connectivity index is 2.30. The van der Waals surface area contributed by atoms with Gasteiger partial charge in [0, 0.05) is 30.6 Å². The van der Waals surface area contributed by atoms with Crippen molar-refractivity contribution in [2.75, 3.05) is 20.7 Å². The lowest BCUT2D eigenvalue weighted by Gasteiger charge is -2.27. The van der Waals surface area contributed by atoms with Gasteiger partial charge in [0.15, 0.2) is 0 Å². The second-order valence-electron chi connectivity index (χ2n) is 4.58. The van der Waals surface area contributed by atoms with Gasteiger partial charge in [0.2, 0.25) is 0 Å². The molecule has 0 aromatic heterocycles. The van der Waals surface area contributed by atoms with Gasteiger partial charge in [-0.25, -0.2) is 4.99 Å². The van der Waals surface area contributed by atoms with Gasteiger partial charge in [-0.15, -0.1) is 0 Å². The van der Waals surface area contributed by atoms with Crippen LogP contribution in [0.2, 0.25) is 0 Å². The first-order valence-corrected chi connectivity index (χ1v) is 5.89. The average molecular weight is 228 g/mol. The summed E-state index contributed by atoms with van der Waals surface area (Å²) in [4.78, 5) is 7.00. The minimum atomic E-state index is 0.873. The van der Waals surface area contributed by atoms with Crippen LogP contribution in [0.25, 0.3) is 5.57 Å². The fraction of sp³-hybridized carbons (Fsp3) is 0.357. The zero-order valence-corrected chi connectivity index (χ0v) is 10.4.